The number of amides is 1. The zero-order valence-electron chi connectivity index (χ0n) is 22.9. The zero-order valence-corrected chi connectivity index (χ0v) is 23.7. The first-order valence-electron chi connectivity index (χ1n) is 13.9. The molecular formula is C34H26N2O5S. The molecule has 3 aromatic carbocycles. The summed E-state index contributed by atoms with van der Waals surface area (Å²) in [6, 6.07) is 20.9. The van der Waals surface area contributed by atoms with Crippen molar-refractivity contribution >= 4 is 45.8 Å². The Balaban J connectivity index is 1.43. The van der Waals surface area contributed by atoms with Crippen LogP contribution in [0.1, 0.15) is 43.6 Å². The van der Waals surface area contributed by atoms with Gasteiger partial charge >= 0.3 is 0 Å². The van der Waals surface area contributed by atoms with Gasteiger partial charge in [-0.3, -0.25) is 14.4 Å². The second-order valence-corrected chi connectivity index (χ2v) is 12.2. The number of Topliss-reactive ketones (excluding diaryl/α,β-unsaturated/α-hetero) is 2. The van der Waals surface area contributed by atoms with E-state index in [1.54, 1.807) is 24.3 Å². The van der Waals surface area contributed by atoms with E-state index in [9.17, 15) is 14.4 Å². The van der Waals surface area contributed by atoms with Crippen molar-refractivity contribution in [2.24, 2.45) is 5.92 Å². The fraction of sp³-hybridized carbons (Fsp3) is 0.206. The van der Waals surface area contributed by atoms with Gasteiger partial charge in [-0.1, -0.05) is 42.0 Å². The van der Waals surface area contributed by atoms with Gasteiger partial charge in [-0.25, -0.2) is 0 Å². The van der Waals surface area contributed by atoms with Gasteiger partial charge in [0.25, 0.3) is 0 Å². The Bertz CT molecular complexity index is 1860. The summed E-state index contributed by atoms with van der Waals surface area (Å²) < 4.78 is 11.1. The number of carbonyl (C=O) groups excluding carboxylic acids is 3. The van der Waals surface area contributed by atoms with E-state index in [-0.39, 0.29) is 24.3 Å². The summed E-state index contributed by atoms with van der Waals surface area (Å²) in [6.07, 6.45) is 2.07. The molecule has 0 bridgehead atoms. The third-order valence-corrected chi connectivity index (χ3v) is 9.99. The molecule has 1 spiro atoms. The van der Waals surface area contributed by atoms with Gasteiger partial charge in [-0.05, 0) is 72.8 Å². The molecule has 208 valence electrons. The van der Waals surface area contributed by atoms with Crippen molar-refractivity contribution in [3.05, 3.63) is 111 Å². The van der Waals surface area contributed by atoms with Crippen LogP contribution in [0, 0.1) is 12.8 Å². The minimum atomic E-state index is -1.36. The maximum atomic E-state index is 15.0. The van der Waals surface area contributed by atoms with Gasteiger partial charge in [0, 0.05) is 22.5 Å². The zero-order chi connectivity index (χ0) is 28.7. The fourth-order valence-electron chi connectivity index (χ4n) is 7.34. The maximum absolute atomic E-state index is 15.0. The van der Waals surface area contributed by atoms with E-state index in [4.69, 9.17) is 9.47 Å². The molecule has 0 aliphatic carbocycles. The Labute approximate surface area is 246 Å². The third-order valence-electron chi connectivity index (χ3n) is 9.10. The van der Waals surface area contributed by atoms with Gasteiger partial charge in [0.05, 0.1) is 16.8 Å². The van der Waals surface area contributed by atoms with Crippen molar-refractivity contribution in [1.82, 2.24) is 0 Å². The molecular weight excluding hydrogens is 548 g/mol. The highest BCUT2D eigenvalue weighted by Crippen LogP contribution is 2.59. The van der Waals surface area contributed by atoms with Gasteiger partial charge in [-0.2, -0.15) is 0 Å². The minimum absolute atomic E-state index is 0.0751. The summed E-state index contributed by atoms with van der Waals surface area (Å²) in [6.45, 7) is 4.14. The van der Waals surface area contributed by atoms with Crippen LogP contribution in [0.4, 0.5) is 11.4 Å². The van der Waals surface area contributed by atoms with Gasteiger partial charge in [0.1, 0.15) is 11.5 Å². The summed E-state index contributed by atoms with van der Waals surface area (Å²) in [5, 5.41) is 4.94. The number of aryl methyl sites for hydroxylation is 1. The van der Waals surface area contributed by atoms with E-state index in [1.807, 2.05) is 66.6 Å². The normalized spacial score (nSPS) is 24.6. The molecule has 8 rings (SSSR count). The first-order chi connectivity index (χ1) is 20.4. The lowest BCUT2D eigenvalue weighted by Gasteiger charge is -2.39. The topological polar surface area (TPSA) is 84.9 Å². The number of hydrogen-bond acceptors (Lipinski definition) is 7. The molecule has 1 saturated heterocycles. The van der Waals surface area contributed by atoms with E-state index >= 15 is 0 Å². The standard InChI is InChI=1S/C34H26N2O5S/c1-18-9-11-24-21(14-18)19(2)15-28-34(22-6-3-4-7-23(22)35-33(34)39)29(30(36(24)28)32(38)27-8-5-13-42-27)31(37)20-10-12-25-26(16-20)41-17-40-25/h3-16,28-30H,17H2,1-2H3,(H,35,39). The molecule has 1 aromatic heterocycles. The van der Waals surface area contributed by atoms with Crippen molar-refractivity contribution in [1.29, 1.82) is 0 Å². The lowest BCUT2D eigenvalue weighted by molar-refractivity contribution is -0.121. The summed E-state index contributed by atoms with van der Waals surface area (Å²) in [5.74, 6) is -0.745. The number of ketones is 2. The Hall–Kier alpha value is -4.69. The van der Waals surface area contributed by atoms with Crippen LogP contribution in [0.2, 0.25) is 0 Å². The minimum Gasteiger partial charge on any atom is -0.454 e. The second kappa shape index (κ2) is 8.90. The van der Waals surface area contributed by atoms with Gasteiger partial charge in [0.2, 0.25) is 12.7 Å². The van der Waals surface area contributed by atoms with E-state index < -0.39 is 23.4 Å². The lowest BCUT2D eigenvalue weighted by atomic mass is 9.64. The Morgan fingerprint density at radius 1 is 0.952 bits per heavy atom. The predicted molar refractivity (Wildman–Crippen MR) is 161 cm³/mol. The molecule has 4 aliphatic rings. The summed E-state index contributed by atoms with van der Waals surface area (Å²) in [4.78, 5) is 46.7. The Morgan fingerprint density at radius 2 is 1.79 bits per heavy atom. The van der Waals surface area contributed by atoms with Crippen LogP contribution in [0.25, 0.3) is 5.57 Å². The molecule has 5 heterocycles. The highest BCUT2D eigenvalue weighted by molar-refractivity contribution is 7.12. The number of hydrogen-bond donors (Lipinski definition) is 1. The number of thiophene rings is 1. The van der Waals surface area contributed by atoms with Crippen LogP contribution < -0.4 is 19.7 Å². The molecule has 0 radical (unpaired) electrons. The smallest absolute Gasteiger partial charge is 0.238 e. The maximum Gasteiger partial charge on any atom is 0.238 e. The molecule has 42 heavy (non-hydrogen) atoms. The highest BCUT2D eigenvalue weighted by atomic mass is 32.1. The molecule has 1 N–H and O–H groups in total. The van der Waals surface area contributed by atoms with Crippen LogP contribution in [0.15, 0.2) is 84.3 Å². The largest absolute Gasteiger partial charge is 0.454 e. The van der Waals surface area contributed by atoms with Crippen LogP contribution in [-0.2, 0) is 10.2 Å². The molecule has 4 aliphatic heterocycles. The Morgan fingerprint density at radius 3 is 2.62 bits per heavy atom. The van der Waals surface area contributed by atoms with Crippen molar-refractivity contribution in [2.45, 2.75) is 31.3 Å². The number of benzene rings is 3. The summed E-state index contributed by atoms with van der Waals surface area (Å²) in [5.41, 5.74) is 4.34. The van der Waals surface area contributed by atoms with Crippen LogP contribution in [0.5, 0.6) is 11.5 Å². The molecule has 7 nitrogen and oxygen atoms in total. The van der Waals surface area contributed by atoms with Crippen molar-refractivity contribution in [3.63, 3.8) is 0 Å². The number of allylic oxidation sites excluding steroid dienone is 1. The highest BCUT2D eigenvalue weighted by Gasteiger charge is 2.70. The molecule has 4 aromatic rings. The van der Waals surface area contributed by atoms with Gasteiger partial charge < -0.3 is 19.7 Å². The van der Waals surface area contributed by atoms with Crippen molar-refractivity contribution < 1.29 is 23.9 Å². The SMILES string of the molecule is CC1=CC2N(c3ccc(C)cc31)C(C(=O)c1cccs1)C(C(=O)c1ccc3c(c1)OCO3)C21C(=O)Nc2ccccc21. The number of nitrogens with zero attached hydrogens (tertiary/aromatic N) is 1. The number of para-hydroxylation sites is 1. The molecule has 8 heteroatoms. The number of carbonyl (C=O) groups is 3. The average Bonchev–Trinajstić information content (AvgIpc) is 3.79. The first kappa shape index (κ1) is 25.1. The summed E-state index contributed by atoms with van der Waals surface area (Å²) in [7, 11) is 0. The van der Waals surface area contributed by atoms with Gasteiger partial charge in [-0.15, -0.1) is 11.3 Å². The molecule has 0 saturated carbocycles. The van der Waals surface area contributed by atoms with Crippen LogP contribution >= 0.6 is 11.3 Å². The molecule has 4 unspecified atom stereocenters. The number of ether oxygens (including phenoxy) is 2. The monoisotopic (exact) mass is 574 g/mol. The van der Waals surface area contributed by atoms with E-state index in [0.29, 0.717) is 27.6 Å². The number of nitrogens with one attached hydrogen (secondary N) is 1. The lowest BCUT2D eigenvalue weighted by Crippen LogP contribution is -2.51. The van der Waals surface area contributed by atoms with Gasteiger partial charge in [0.15, 0.2) is 23.1 Å². The van der Waals surface area contributed by atoms with Crippen LogP contribution in [-0.4, -0.2) is 36.4 Å². The predicted octanol–water partition coefficient (Wildman–Crippen LogP) is 6.03. The fourth-order valence-corrected chi connectivity index (χ4v) is 8.04. The quantitative estimate of drug-likeness (QED) is 0.300. The van der Waals surface area contributed by atoms with E-state index in [1.165, 1.54) is 11.3 Å². The second-order valence-electron chi connectivity index (χ2n) is 11.3. The summed E-state index contributed by atoms with van der Waals surface area (Å²) >= 11 is 1.34. The van der Waals surface area contributed by atoms with Crippen molar-refractivity contribution in [2.75, 3.05) is 17.0 Å². The van der Waals surface area contributed by atoms with Crippen molar-refractivity contribution in [3.8, 4) is 11.5 Å². The molecule has 1 amide bonds. The molecule has 4 atom stereocenters. The average molecular weight is 575 g/mol. The number of fused-ring (bicyclic) bond motifs is 7. The Kier molecular flexibility index (Phi) is 5.31. The first-order valence-corrected chi connectivity index (χ1v) is 14.8. The number of rotatable bonds is 4. The molecule has 1 fully saturated rings. The van der Waals surface area contributed by atoms with E-state index in [2.05, 4.69) is 17.5 Å². The third kappa shape index (κ3) is 3.24. The number of anilines is 2. The van der Waals surface area contributed by atoms with E-state index in [0.717, 1.165) is 28.0 Å². The van der Waals surface area contributed by atoms with Crippen LogP contribution in [0.3, 0.4) is 0 Å².